The molecule has 2 rings (SSSR count). The minimum atomic E-state index is -0.366. The van der Waals surface area contributed by atoms with Crippen molar-refractivity contribution >= 4 is 5.84 Å². The van der Waals surface area contributed by atoms with Crippen LogP contribution in [0.25, 0.3) is 0 Å². The number of rotatable bonds is 3. The molecule has 1 aromatic heterocycles. The van der Waals surface area contributed by atoms with E-state index in [4.69, 9.17) is 15.9 Å². The highest BCUT2D eigenvalue weighted by Gasteiger charge is 2.06. The zero-order chi connectivity index (χ0) is 13.1. The fourth-order valence-corrected chi connectivity index (χ4v) is 1.28. The molecule has 0 aliphatic heterocycles. The average molecular weight is 246 g/mol. The van der Waals surface area contributed by atoms with Crippen LogP contribution in [0.15, 0.2) is 30.5 Å². The molecule has 0 saturated carbocycles. The summed E-state index contributed by atoms with van der Waals surface area (Å²) in [6.07, 6.45) is 1.42. The van der Waals surface area contributed by atoms with Crippen molar-refractivity contribution in [2.24, 2.45) is 5.73 Å². The molecule has 2 aromatic rings. The van der Waals surface area contributed by atoms with Crippen molar-refractivity contribution < 1.29 is 9.13 Å². The molecule has 5 nitrogen and oxygen atoms in total. The molecular weight excluding hydrogens is 235 g/mol. The zero-order valence-electron chi connectivity index (χ0n) is 9.64. The average Bonchev–Trinajstić information content (AvgIpc) is 2.34. The van der Waals surface area contributed by atoms with Crippen molar-refractivity contribution in [2.75, 3.05) is 0 Å². The predicted octanol–water partition coefficient (Wildman–Crippen LogP) is 2.00. The Morgan fingerprint density at radius 3 is 2.83 bits per heavy atom. The van der Waals surface area contributed by atoms with Crippen LogP contribution in [0.2, 0.25) is 0 Å². The summed E-state index contributed by atoms with van der Waals surface area (Å²) in [6.45, 7) is 1.66. The van der Waals surface area contributed by atoms with Crippen LogP contribution in [0, 0.1) is 18.2 Å². The van der Waals surface area contributed by atoms with Gasteiger partial charge in [-0.1, -0.05) is 6.07 Å². The van der Waals surface area contributed by atoms with Gasteiger partial charge in [-0.15, -0.1) is 0 Å². The van der Waals surface area contributed by atoms with Crippen molar-refractivity contribution in [1.29, 1.82) is 5.41 Å². The van der Waals surface area contributed by atoms with Crippen molar-refractivity contribution in [3.63, 3.8) is 0 Å². The van der Waals surface area contributed by atoms with Gasteiger partial charge in [0.05, 0.1) is 0 Å². The van der Waals surface area contributed by atoms with E-state index in [1.165, 1.54) is 18.3 Å². The second kappa shape index (κ2) is 4.79. The molecule has 1 heterocycles. The second-order valence-electron chi connectivity index (χ2n) is 3.65. The van der Waals surface area contributed by atoms with Gasteiger partial charge in [-0.2, -0.15) is 4.98 Å². The number of benzene rings is 1. The Balaban J connectivity index is 2.25. The lowest BCUT2D eigenvalue weighted by molar-refractivity contribution is 0.437. The number of hydrogen-bond acceptors (Lipinski definition) is 4. The quantitative estimate of drug-likeness (QED) is 0.640. The van der Waals surface area contributed by atoms with Gasteiger partial charge in [0.1, 0.15) is 23.1 Å². The van der Waals surface area contributed by atoms with E-state index < -0.39 is 0 Å². The van der Waals surface area contributed by atoms with Gasteiger partial charge < -0.3 is 10.5 Å². The summed E-state index contributed by atoms with van der Waals surface area (Å²) in [7, 11) is 0. The monoisotopic (exact) mass is 246 g/mol. The highest BCUT2D eigenvalue weighted by atomic mass is 19.1. The van der Waals surface area contributed by atoms with Crippen molar-refractivity contribution in [3.8, 4) is 11.8 Å². The number of nitrogens with zero attached hydrogens (tertiary/aromatic N) is 2. The molecule has 0 radical (unpaired) electrons. The van der Waals surface area contributed by atoms with Crippen LogP contribution in [0.1, 0.15) is 11.3 Å². The third kappa shape index (κ3) is 2.60. The minimum Gasteiger partial charge on any atom is -0.424 e. The van der Waals surface area contributed by atoms with E-state index in [1.807, 2.05) is 0 Å². The molecule has 6 heteroatoms. The predicted molar refractivity (Wildman–Crippen MR) is 64.3 cm³/mol. The first-order valence-corrected chi connectivity index (χ1v) is 5.17. The maximum atomic E-state index is 13.3. The Morgan fingerprint density at radius 2 is 2.17 bits per heavy atom. The highest BCUT2D eigenvalue weighted by molar-refractivity contribution is 5.92. The molecule has 92 valence electrons. The topological polar surface area (TPSA) is 84.9 Å². The first kappa shape index (κ1) is 12.0. The molecule has 0 aliphatic carbocycles. The van der Waals surface area contributed by atoms with Crippen LogP contribution in [-0.4, -0.2) is 15.8 Å². The minimum absolute atomic E-state index is 0.0194. The molecule has 0 bridgehead atoms. The maximum absolute atomic E-state index is 13.3. The van der Waals surface area contributed by atoms with Gasteiger partial charge in [-0.25, -0.2) is 9.37 Å². The van der Waals surface area contributed by atoms with Crippen molar-refractivity contribution in [2.45, 2.75) is 6.92 Å². The Labute approximate surface area is 103 Å². The van der Waals surface area contributed by atoms with Crippen LogP contribution < -0.4 is 10.5 Å². The normalized spacial score (nSPS) is 10.1. The number of amidine groups is 1. The van der Waals surface area contributed by atoms with Crippen LogP contribution in [0.3, 0.4) is 0 Å². The third-order valence-electron chi connectivity index (χ3n) is 2.26. The Morgan fingerprint density at radius 1 is 1.39 bits per heavy atom. The number of aromatic nitrogens is 2. The zero-order valence-corrected chi connectivity index (χ0v) is 9.64. The largest absolute Gasteiger partial charge is 0.424 e. The molecule has 0 atom stereocenters. The van der Waals surface area contributed by atoms with E-state index in [2.05, 4.69) is 9.97 Å². The number of ether oxygens (including phenoxy) is 1. The number of aryl methyl sites for hydroxylation is 1. The van der Waals surface area contributed by atoms with Crippen molar-refractivity contribution in [1.82, 2.24) is 9.97 Å². The van der Waals surface area contributed by atoms with Gasteiger partial charge >= 0.3 is 6.01 Å². The van der Waals surface area contributed by atoms with Gasteiger partial charge in [0.2, 0.25) is 0 Å². The second-order valence-corrected chi connectivity index (χ2v) is 3.65. The fourth-order valence-electron chi connectivity index (χ4n) is 1.28. The van der Waals surface area contributed by atoms with E-state index in [0.29, 0.717) is 11.3 Å². The van der Waals surface area contributed by atoms with Gasteiger partial charge in [-0.05, 0) is 24.6 Å². The summed E-state index contributed by atoms with van der Waals surface area (Å²) >= 11 is 0. The molecule has 0 amide bonds. The lowest BCUT2D eigenvalue weighted by Gasteiger charge is -2.05. The Hall–Kier alpha value is -2.50. The molecule has 1 aromatic carbocycles. The highest BCUT2D eigenvalue weighted by Crippen LogP contribution is 2.20. The van der Waals surface area contributed by atoms with Crippen LogP contribution >= 0.6 is 0 Å². The Bertz CT molecular complexity index is 600. The van der Waals surface area contributed by atoms with Crippen LogP contribution in [0.5, 0.6) is 11.8 Å². The molecule has 0 unspecified atom stereocenters. The first-order chi connectivity index (χ1) is 8.56. The number of nitrogen functional groups attached to an aromatic ring is 1. The van der Waals surface area contributed by atoms with E-state index in [0.717, 1.165) is 0 Å². The van der Waals surface area contributed by atoms with Crippen molar-refractivity contribution in [3.05, 3.63) is 47.5 Å². The van der Waals surface area contributed by atoms with E-state index in [9.17, 15) is 4.39 Å². The van der Waals surface area contributed by atoms with Crippen LogP contribution in [0.4, 0.5) is 4.39 Å². The number of nitrogens with one attached hydrogen (secondary N) is 1. The molecule has 18 heavy (non-hydrogen) atoms. The first-order valence-electron chi connectivity index (χ1n) is 5.17. The van der Waals surface area contributed by atoms with E-state index in [1.54, 1.807) is 19.1 Å². The van der Waals surface area contributed by atoms with Gasteiger partial charge in [0.15, 0.2) is 0 Å². The molecule has 3 N–H and O–H groups in total. The third-order valence-corrected chi connectivity index (χ3v) is 2.26. The van der Waals surface area contributed by atoms with Crippen LogP contribution in [-0.2, 0) is 0 Å². The summed E-state index contributed by atoms with van der Waals surface area (Å²) in [5, 5.41) is 7.25. The standard InChI is InChI=1S/C12H11FN4O/c1-7-2-3-8(6-9(7)13)18-12-16-5-4-10(17-12)11(14)15/h2-6H,1H3,(H3,14,15). The summed E-state index contributed by atoms with van der Waals surface area (Å²) in [6, 6.07) is 5.97. The Kier molecular flexibility index (Phi) is 3.18. The number of halogens is 1. The summed E-state index contributed by atoms with van der Waals surface area (Å²) in [4.78, 5) is 7.78. The summed E-state index contributed by atoms with van der Waals surface area (Å²) in [5.41, 5.74) is 6.08. The summed E-state index contributed by atoms with van der Waals surface area (Å²) in [5.74, 6) is -0.258. The lowest BCUT2D eigenvalue weighted by atomic mass is 10.2. The molecule has 0 saturated heterocycles. The lowest BCUT2D eigenvalue weighted by Crippen LogP contribution is -2.13. The molecule has 0 spiro atoms. The number of nitrogens with two attached hydrogens (primary N) is 1. The number of hydrogen-bond donors (Lipinski definition) is 2. The van der Waals surface area contributed by atoms with Gasteiger partial charge in [0, 0.05) is 12.3 Å². The molecule has 0 aliphatic rings. The van der Waals surface area contributed by atoms with Gasteiger partial charge in [0.25, 0.3) is 0 Å². The summed E-state index contributed by atoms with van der Waals surface area (Å²) < 4.78 is 18.6. The smallest absolute Gasteiger partial charge is 0.322 e. The van der Waals surface area contributed by atoms with E-state index >= 15 is 0 Å². The molecular formula is C12H11FN4O. The maximum Gasteiger partial charge on any atom is 0.322 e. The molecule has 0 fully saturated rings. The van der Waals surface area contributed by atoms with E-state index in [-0.39, 0.29) is 23.4 Å². The van der Waals surface area contributed by atoms with Gasteiger partial charge in [-0.3, -0.25) is 5.41 Å². The fraction of sp³-hybridized carbons (Fsp3) is 0.0833. The SMILES string of the molecule is Cc1ccc(Oc2nccc(C(=N)N)n2)cc1F.